The Hall–Kier alpha value is -0.810. The van der Waals surface area contributed by atoms with Crippen molar-refractivity contribution in [2.45, 2.75) is 44.9 Å². The molecule has 0 bridgehead atoms. The van der Waals surface area contributed by atoms with E-state index in [0.29, 0.717) is 6.54 Å². The summed E-state index contributed by atoms with van der Waals surface area (Å²) in [4.78, 5) is 11.5. The Morgan fingerprint density at radius 3 is 2.73 bits per heavy atom. The Morgan fingerprint density at radius 2 is 2.20 bits per heavy atom. The molecule has 1 aliphatic heterocycles. The number of rotatable bonds is 1. The molecular weight excluding hydrogens is 194 g/mol. The number of ether oxygens (including phenoxy) is 1. The van der Waals surface area contributed by atoms with E-state index in [4.69, 9.17) is 10.5 Å². The normalized spacial score (nSPS) is 27.2. The van der Waals surface area contributed by atoms with Gasteiger partial charge in [-0.25, -0.2) is 4.79 Å². The second kappa shape index (κ2) is 4.81. The summed E-state index contributed by atoms with van der Waals surface area (Å²) >= 11 is 0. The maximum absolute atomic E-state index is 11.5. The van der Waals surface area contributed by atoms with E-state index < -0.39 is 11.7 Å². The van der Waals surface area contributed by atoms with Crippen LogP contribution in [0.4, 0.5) is 4.79 Å². The van der Waals surface area contributed by atoms with E-state index in [2.05, 4.69) is 10.6 Å². The highest BCUT2D eigenvalue weighted by Crippen LogP contribution is 2.08. The van der Waals surface area contributed by atoms with Gasteiger partial charge in [0.2, 0.25) is 0 Å². The minimum Gasteiger partial charge on any atom is -0.444 e. The molecular formula is C10H21N3O2. The van der Waals surface area contributed by atoms with Gasteiger partial charge in [-0.05, 0) is 33.7 Å². The molecule has 0 spiro atoms. The molecule has 0 saturated carbocycles. The van der Waals surface area contributed by atoms with Crippen LogP contribution in [0.15, 0.2) is 0 Å². The molecule has 1 amide bonds. The van der Waals surface area contributed by atoms with Crippen molar-refractivity contribution < 1.29 is 9.53 Å². The van der Waals surface area contributed by atoms with Crippen LogP contribution in [-0.2, 0) is 4.74 Å². The Morgan fingerprint density at radius 1 is 1.53 bits per heavy atom. The molecule has 1 rings (SSSR count). The number of carbonyl (C=O) groups is 1. The number of hydrogen-bond donors (Lipinski definition) is 3. The quantitative estimate of drug-likeness (QED) is 0.584. The van der Waals surface area contributed by atoms with E-state index >= 15 is 0 Å². The summed E-state index contributed by atoms with van der Waals surface area (Å²) in [6.45, 7) is 7.14. The summed E-state index contributed by atoms with van der Waals surface area (Å²) in [5, 5.41) is 5.96. The Labute approximate surface area is 90.7 Å². The molecule has 0 aromatic heterocycles. The number of alkyl carbamates (subject to hydrolysis) is 1. The number of nitrogens with two attached hydrogens (primary N) is 1. The third kappa shape index (κ3) is 4.48. The number of carbonyl (C=O) groups excluding carboxylic acids is 1. The zero-order chi connectivity index (χ0) is 11.5. The van der Waals surface area contributed by atoms with Gasteiger partial charge in [0, 0.05) is 12.6 Å². The minimum atomic E-state index is -0.462. The van der Waals surface area contributed by atoms with Crippen LogP contribution in [0, 0.1) is 0 Å². The summed E-state index contributed by atoms with van der Waals surface area (Å²) in [7, 11) is 0. The van der Waals surface area contributed by atoms with Crippen LogP contribution in [0.25, 0.3) is 0 Å². The summed E-state index contributed by atoms with van der Waals surface area (Å²) in [5.74, 6) is 0. The van der Waals surface area contributed by atoms with Gasteiger partial charge >= 0.3 is 6.09 Å². The van der Waals surface area contributed by atoms with E-state index in [1.807, 2.05) is 20.8 Å². The van der Waals surface area contributed by atoms with Gasteiger partial charge in [-0.15, -0.1) is 0 Å². The molecule has 2 atom stereocenters. The topological polar surface area (TPSA) is 76.4 Å². The van der Waals surface area contributed by atoms with Crippen molar-refractivity contribution in [3.8, 4) is 0 Å². The average Bonchev–Trinajstić information content (AvgIpc) is 2.05. The van der Waals surface area contributed by atoms with E-state index in [-0.39, 0.29) is 12.1 Å². The summed E-state index contributed by atoms with van der Waals surface area (Å²) in [6, 6.07) is -0.0210. The molecule has 0 unspecified atom stereocenters. The molecule has 15 heavy (non-hydrogen) atoms. The van der Waals surface area contributed by atoms with Gasteiger partial charge < -0.3 is 21.1 Å². The molecule has 4 N–H and O–H groups in total. The van der Waals surface area contributed by atoms with E-state index in [1.165, 1.54) is 0 Å². The fraction of sp³-hybridized carbons (Fsp3) is 0.900. The molecule has 1 saturated heterocycles. The molecule has 1 aliphatic rings. The zero-order valence-corrected chi connectivity index (χ0v) is 9.67. The molecule has 0 radical (unpaired) electrons. The molecule has 1 heterocycles. The van der Waals surface area contributed by atoms with Gasteiger partial charge in [0.15, 0.2) is 0 Å². The van der Waals surface area contributed by atoms with Gasteiger partial charge in [0.25, 0.3) is 0 Å². The molecule has 1 fully saturated rings. The number of amides is 1. The smallest absolute Gasteiger partial charge is 0.407 e. The Kier molecular flexibility index (Phi) is 3.93. The van der Waals surface area contributed by atoms with E-state index in [1.54, 1.807) is 0 Å². The van der Waals surface area contributed by atoms with Crippen molar-refractivity contribution in [1.29, 1.82) is 0 Å². The largest absolute Gasteiger partial charge is 0.444 e. The lowest BCUT2D eigenvalue weighted by molar-refractivity contribution is 0.0490. The Bertz CT molecular complexity index is 225. The standard InChI is InChI=1S/C10H21N3O2/c1-10(2,3)15-9(14)13-8-6-12-5-4-7(8)11/h7-8,12H,4-6,11H2,1-3H3,(H,13,14)/t7-,8-/m1/s1. The van der Waals surface area contributed by atoms with Crippen LogP contribution in [0.5, 0.6) is 0 Å². The van der Waals surface area contributed by atoms with Crippen LogP contribution in [0.1, 0.15) is 27.2 Å². The molecule has 88 valence electrons. The van der Waals surface area contributed by atoms with Crippen molar-refractivity contribution in [2.24, 2.45) is 5.73 Å². The highest BCUT2D eigenvalue weighted by atomic mass is 16.6. The van der Waals surface area contributed by atoms with Gasteiger partial charge in [-0.3, -0.25) is 0 Å². The number of nitrogens with one attached hydrogen (secondary N) is 2. The fourth-order valence-electron chi connectivity index (χ4n) is 1.50. The van der Waals surface area contributed by atoms with E-state index in [9.17, 15) is 4.79 Å². The lowest BCUT2D eigenvalue weighted by Crippen LogP contribution is -2.57. The maximum Gasteiger partial charge on any atom is 0.407 e. The molecule has 0 aliphatic carbocycles. The van der Waals surface area contributed by atoms with Crippen molar-refractivity contribution in [1.82, 2.24) is 10.6 Å². The minimum absolute atomic E-state index is 0.0127. The first kappa shape index (κ1) is 12.3. The number of hydrogen-bond acceptors (Lipinski definition) is 4. The predicted molar refractivity (Wildman–Crippen MR) is 58.6 cm³/mol. The lowest BCUT2D eigenvalue weighted by atomic mass is 10.0. The van der Waals surface area contributed by atoms with Crippen molar-refractivity contribution in [3.05, 3.63) is 0 Å². The molecule has 0 aromatic rings. The monoisotopic (exact) mass is 215 g/mol. The first-order chi connectivity index (χ1) is 6.88. The lowest BCUT2D eigenvalue weighted by Gasteiger charge is -2.31. The molecule has 0 aromatic carbocycles. The molecule has 5 nitrogen and oxygen atoms in total. The Balaban J connectivity index is 2.36. The third-order valence-corrected chi connectivity index (χ3v) is 2.24. The first-order valence-corrected chi connectivity index (χ1v) is 5.34. The summed E-state index contributed by atoms with van der Waals surface area (Å²) in [6.07, 6.45) is 0.479. The maximum atomic E-state index is 11.5. The van der Waals surface area contributed by atoms with Gasteiger partial charge in [0.05, 0.1) is 6.04 Å². The van der Waals surface area contributed by atoms with Crippen LogP contribution < -0.4 is 16.4 Å². The van der Waals surface area contributed by atoms with Crippen LogP contribution in [0.3, 0.4) is 0 Å². The predicted octanol–water partition coefficient (Wildman–Crippen LogP) is 0.200. The SMILES string of the molecule is CC(C)(C)OC(=O)N[C@@H]1CNCC[C@H]1N. The van der Waals surface area contributed by atoms with Crippen molar-refractivity contribution in [3.63, 3.8) is 0 Å². The molecule has 5 heteroatoms. The highest BCUT2D eigenvalue weighted by molar-refractivity contribution is 5.68. The van der Waals surface area contributed by atoms with Gasteiger partial charge in [-0.1, -0.05) is 0 Å². The highest BCUT2D eigenvalue weighted by Gasteiger charge is 2.25. The van der Waals surface area contributed by atoms with Crippen LogP contribution >= 0.6 is 0 Å². The third-order valence-electron chi connectivity index (χ3n) is 2.24. The first-order valence-electron chi connectivity index (χ1n) is 5.34. The van der Waals surface area contributed by atoms with Crippen LogP contribution in [-0.4, -0.2) is 36.9 Å². The second-order valence-electron chi connectivity index (χ2n) is 4.91. The van der Waals surface area contributed by atoms with Gasteiger partial charge in [0.1, 0.15) is 5.60 Å². The van der Waals surface area contributed by atoms with Gasteiger partial charge in [-0.2, -0.15) is 0 Å². The number of piperidine rings is 1. The zero-order valence-electron chi connectivity index (χ0n) is 9.67. The van der Waals surface area contributed by atoms with Crippen LogP contribution in [0.2, 0.25) is 0 Å². The van der Waals surface area contributed by atoms with E-state index in [0.717, 1.165) is 13.0 Å². The fourth-order valence-corrected chi connectivity index (χ4v) is 1.50. The average molecular weight is 215 g/mol. The van der Waals surface area contributed by atoms with Crippen molar-refractivity contribution in [2.75, 3.05) is 13.1 Å². The van der Waals surface area contributed by atoms with Crippen molar-refractivity contribution >= 4 is 6.09 Å². The summed E-state index contributed by atoms with van der Waals surface area (Å²) in [5.41, 5.74) is 5.42. The second-order valence-corrected chi connectivity index (χ2v) is 4.91. The summed E-state index contributed by atoms with van der Waals surface area (Å²) < 4.78 is 5.16.